The zero-order valence-corrected chi connectivity index (χ0v) is 13.8. The van der Waals surface area contributed by atoms with E-state index in [1.54, 1.807) is 24.3 Å². The van der Waals surface area contributed by atoms with Gasteiger partial charge in [0.15, 0.2) is 0 Å². The van der Waals surface area contributed by atoms with Gasteiger partial charge in [-0.15, -0.1) is 0 Å². The summed E-state index contributed by atoms with van der Waals surface area (Å²) in [6, 6.07) is 10.5. The monoisotopic (exact) mass is 374 g/mol. The second kappa shape index (κ2) is 6.81. The van der Waals surface area contributed by atoms with Crippen LogP contribution in [0.4, 0.5) is 0 Å². The van der Waals surface area contributed by atoms with E-state index in [0.29, 0.717) is 27.8 Å². The van der Waals surface area contributed by atoms with Crippen LogP contribution in [-0.2, 0) is 0 Å². The van der Waals surface area contributed by atoms with Crippen molar-refractivity contribution in [3.63, 3.8) is 0 Å². The molecule has 2 aromatic rings. The molecule has 0 aromatic heterocycles. The number of ether oxygens (including phenoxy) is 1. The summed E-state index contributed by atoms with van der Waals surface area (Å²) >= 11 is 15.5. The van der Waals surface area contributed by atoms with E-state index in [-0.39, 0.29) is 0 Å². The Bertz CT molecular complexity index is 617. The third kappa shape index (κ3) is 3.47. The topological polar surface area (TPSA) is 29.5 Å². The van der Waals surface area contributed by atoms with E-state index in [1.807, 2.05) is 19.1 Å². The summed E-state index contributed by atoms with van der Waals surface area (Å²) in [6.07, 6.45) is -0.840. The van der Waals surface area contributed by atoms with Crippen molar-refractivity contribution in [1.29, 1.82) is 0 Å². The first-order chi connectivity index (χ1) is 9.52. The highest BCUT2D eigenvalue weighted by molar-refractivity contribution is 9.10. The molecule has 2 nitrogen and oxygen atoms in total. The molecule has 106 valence electrons. The van der Waals surface area contributed by atoms with E-state index in [4.69, 9.17) is 27.9 Å². The number of hydrogen-bond donors (Lipinski definition) is 1. The van der Waals surface area contributed by atoms with Crippen LogP contribution in [0.2, 0.25) is 10.0 Å². The Morgan fingerprint density at radius 1 is 1.20 bits per heavy atom. The van der Waals surface area contributed by atoms with Crippen molar-refractivity contribution >= 4 is 39.1 Å². The molecule has 0 saturated heterocycles. The molecule has 1 unspecified atom stereocenters. The van der Waals surface area contributed by atoms with Crippen molar-refractivity contribution in [3.8, 4) is 5.75 Å². The molecule has 0 aliphatic heterocycles. The summed E-state index contributed by atoms with van der Waals surface area (Å²) in [5.41, 5.74) is 1.29. The maximum Gasteiger partial charge on any atom is 0.133 e. The molecule has 5 heteroatoms. The maximum atomic E-state index is 10.4. The smallest absolute Gasteiger partial charge is 0.133 e. The Balaban J connectivity index is 2.35. The Kier molecular flexibility index (Phi) is 5.33. The second-order valence-electron chi connectivity index (χ2n) is 4.19. The molecule has 1 atom stereocenters. The lowest BCUT2D eigenvalue weighted by Crippen LogP contribution is -2.01. The van der Waals surface area contributed by atoms with E-state index < -0.39 is 6.10 Å². The maximum absolute atomic E-state index is 10.4. The number of halogens is 3. The first kappa shape index (κ1) is 15.6. The lowest BCUT2D eigenvalue weighted by Gasteiger charge is -2.15. The summed E-state index contributed by atoms with van der Waals surface area (Å²) in [5, 5.41) is 11.5. The molecule has 20 heavy (non-hydrogen) atoms. The van der Waals surface area contributed by atoms with Crippen molar-refractivity contribution < 1.29 is 9.84 Å². The summed E-state index contributed by atoms with van der Waals surface area (Å²) in [6.45, 7) is 2.50. The van der Waals surface area contributed by atoms with Gasteiger partial charge in [-0.2, -0.15) is 0 Å². The van der Waals surface area contributed by atoms with Gasteiger partial charge < -0.3 is 9.84 Å². The molecule has 0 radical (unpaired) electrons. The number of aliphatic hydroxyl groups is 1. The molecule has 0 heterocycles. The normalized spacial score (nSPS) is 12.2. The van der Waals surface area contributed by atoms with Gasteiger partial charge in [0.05, 0.1) is 11.1 Å². The SMILES string of the molecule is CCOc1ccc(C(O)c2cc(Cl)ccc2Cl)cc1Br. The van der Waals surface area contributed by atoms with E-state index in [0.717, 1.165) is 10.2 Å². The van der Waals surface area contributed by atoms with Crippen LogP contribution >= 0.6 is 39.1 Å². The molecule has 1 N–H and O–H groups in total. The van der Waals surface area contributed by atoms with E-state index >= 15 is 0 Å². The van der Waals surface area contributed by atoms with Crippen LogP contribution in [0.3, 0.4) is 0 Å². The van der Waals surface area contributed by atoms with Crippen LogP contribution < -0.4 is 4.74 Å². The van der Waals surface area contributed by atoms with Gasteiger partial charge in [-0.25, -0.2) is 0 Å². The van der Waals surface area contributed by atoms with E-state index in [2.05, 4.69) is 15.9 Å². The predicted molar refractivity (Wildman–Crippen MR) is 85.8 cm³/mol. The first-order valence-electron chi connectivity index (χ1n) is 6.08. The lowest BCUT2D eigenvalue weighted by molar-refractivity contribution is 0.220. The van der Waals surface area contributed by atoms with Crippen LogP contribution in [0, 0.1) is 0 Å². The van der Waals surface area contributed by atoms with Gasteiger partial charge in [-0.1, -0.05) is 29.3 Å². The Labute approximate surface area is 136 Å². The average molecular weight is 376 g/mol. The Morgan fingerprint density at radius 2 is 1.95 bits per heavy atom. The highest BCUT2D eigenvalue weighted by Crippen LogP contribution is 2.34. The standard InChI is InChI=1S/C15H13BrCl2O2/c1-2-20-14-6-3-9(7-12(14)16)15(19)11-8-10(17)4-5-13(11)18/h3-8,15,19H,2H2,1H3. The van der Waals surface area contributed by atoms with Gasteiger partial charge >= 0.3 is 0 Å². The minimum atomic E-state index is -0.840. The Morgan fingerprint density at radius 3 is 2.60 bits per heavy atom. The quantitative estimate of drug-likeness (QED) is 0.792. The van der Waals surface area contributed by atoms with Gasteiger partial charge in [0, 0.05) is 15.6 Å². The molecule has 0 spiro atoms. The summed E-state index contributed by atoms with van der Waals surface area (Å²) in [7, 11) is 0. The molecule has 0 amide bonds. The van der Waals surface area contributed by atoms with Crippen molar-refractivity contribution in [2.24, 2.45) is 0 Å². The van der Waals surface area contributed by atoms with Crippen LogP contribution in [0.1, 0.15) is 24.2 Å². The highest BCUT2D eigenvalue weighted by atomic mass is 79.9. The van der Waals surface area contributed by atoms with Crippen LogP contribution in [-0.4, -0.2) is 11.7 Å². The van der Waals surface area contributed by atoms with Crippen molar-refractivity contribution in [3.05, 3.63) is 62.0 Å². The fourth-order valence-electron chi connectivity index (χ4n) is 1.86. The third-order valence-corrected chi connectivity index (χ3v) is 4.02. The van der Waals surface area contributed by atoms with Gasteiger partial charge in [0.2, 0.25) is 0 Å². The first-order valence-corrected chi connectivity index (χ1v) is 7.63. The molecule has 0 fully saturated rings. The van der Waals surface area contributed by atoms with Crippen LogP contribution in [0.25, 0.3) is 0 Å². The molecule has 2 rings (SSSR count). The second-order valence-corrected chi connectivity index (χ2v) is 5.89. The summed E-state index contributed by atoms with van der Waals surface area (Å²) in [4.78, 5) is 0. The highest BCUT2D eigenvalue weighted by Gasteiger charge is 2.16. The molecule has 0 bridgehead atoms. The van der Waals surface area contributed by atoms with Gasteiger partial charge in [0.1, 0.15) is 11.9 Å². The molecular formula is C15H13BrCl2O2. The van der Waals surface area contributed by atoms with Crippen molar-refractivity contribution in [2.45, 2.75) is 13.0 Å². The molecule has 2 aromatic carbocycles. The molecule has 0 aliphatic carbocycles. The number of aliphatic hydroxyl groups excluding tert-OH is 1. The van der Waals surface area contributed by atoms with Crippen LogP contribution in [0.15, 0.2) is 40.9 Å². The lowest BCUT2D eigenvalue weighted by atomic mass is 10.0. The number of rotatable bonds is 4. The third-order valence-electron chi connectivity index (χ3n) is 2.82. The largest absolute Gasteiger partial charge is 0.493 e. The van der Waals surface area contributed by atoms with Crippen LogP contribution in [0.5, 0.6) is 5.75 Å². The summed E-state index contributed by atoms with van der Waals surface area (Å²) in [5.74, 6) is 0.737. The van der Waals surface area contributed by atoms with Gasteiger partial charge in [0.25, 0.3) is 0 Å². The van der Waals surface area contributed by atoms with Crippen molar-refractivity contribution in [2.75, 3.05) is 6.61 Å². The predicted octanol–water partition coefficient (Wildman–Crippen LogP) is 5.24. The zero-order chi connectivity index (χ0) is 14.7. The minimum Gasteiger partial charge on any atom is -0.493 e. The van der Waals surface area contributed by atoms with Gasteiger partial charge in [-0.05, 0) is 58.7 Å². The molecule has 0 saturated carbocycles. The van der Waals surface area contributed by atoms with E-state index in [1.165, 1.54) is 0 Å². The zero-order valence-electron chi connectivity index (χ0n) is 10.7. The molecule has 0 aliphatic rings. The molecular weight excluding hydrogens is 363 g/mol. The fraction of sp³-hybridized carbons (Fsp3) is 0.200. The average Bonchev–Trinajstić information content (AvgIpc) is 2.43. The van der Waals surface area contributed by atoms with E-state index in [9.17, 15) is 5.11 Å². The Hall–Kier alpha value is -0.740. The number of hydrogen-bond acceptors (Lipinski definition) is 2. The van der Waals surface area contributed by atoms with Gasteiger partial charge in [-0.3, -0.25) is 0 Å². The number of benzene rings is 2. The fourth-order valence-corrected chi connectivity index (χ4v) is 2.78. The minimum absolute atomic E-state index is 0.479. The summed E-state index contributed by atoms with van der Waals surface area (Å²) < 4.78 is 6.23. The van der Waals surface area contributed by atoms with Crippen molar-refractivity contribution in [1.82, 2.24) is 0 Å².